The summed E-state index contributed by atoms with van der Waals surface area (Å²) in [6.45, 7) is 0. The Morgan fingerprint density at radius 2 is 0.817 bits per heavy atom. The normalized spacial score (nSPS) is 13.1. The fourth-order valence-electron chi connectivity index (χ4n) is 10.1. The number of para-hydroxylation sites is 2. The van der Waals surface area contributed by atoms with Crippen LogP contribution in [0.4, 0.5) is 0 Å². The van der Waals surface area contributed by atoms with E-state index in [1.165, 1.54) is 33.4 Å². The fourth-order valence-corrected chi connectivity index (χ4v) is 10.1. The Morgan fingerprint density at radius 3 is 1.53 bits per heavy atom. The monoisotopic (exact) mass is 764 g/mol. The predicted molar refractivity (Wildman–Crippen MR) is 240 cm³/mol. The molecule has 8 aromatic carbocycles. The van der Waals surface area contributed by atoms with Gasteiger partial charge in [-0.05, 0) is 44.8 Å². The van der Waals surface area contributed by atoms with Crippen LogP contribution in [0.15, 0.2) is 199 Å². The van der Waals surface area contributed by atoms with Crippen molar-refractivity contribution in [1.82, 2.24) is 19.9 Å². The lowest BCUT2D eigenvalue weighted by Crippen LogP contribution is -2.26. The summed E-state index contributed by atoms with van der Waals surface area (Å²) < 4.78 is 6.40. The molecule has 278 valence electrons. The molecule has 1 spiro atoms. The van der Waals surface area contributed by atoms with E-state index in [4.69, 9.17) is 24.4 Å². The number of aromatic nitrogens is 4. The molecule has 0 N–H and O–H groups in total. The molecular weight excluding hydrogens is 733 g/mol. The quantitative estimate of drug-likeness (QED) is 0.179. The molecule has 0 aliphatic heterocycles. The van der Waals surface area contributed by atoms with E-state index in [1.54, 1.807) is 0 Å². The predicted octanol–water partition coefficient (Wildman–Crippen LogP) is 13.3. The van der Waals surface area contributed by atoms with Gasteiger partial charge in [0.15, 0.2) is 17.5 Å². The zero-order chi connectivity index (χ0) is 39.4. The summed E-state index contributed by atoms with van der Waals surface area (Å²) in [5.41, 5.74) is 15.4. The third kappa shape index (κ3) is 4.51. The van der Waals surface area contributed by atoms with Crippen molar-refractivity contribution < 1.29 is 4.42 Å². The van der Waals surface area contributed by atoms with Gasteiger partial charge < -0.3 is 4.42 Å². The maximum absolute atomic E-state index is 6.40. The van der Waals surface area contributed by atoms with Crippen LogP contribution in [-0.2, 0) is 5.41 Å². The van der Waals surface area contributed by atoms with Gasteiger partial charge >= 0.3 is 0 Å². The second kappa shape index (κ2) is 12.5. The van der Waals surface area contributed by atoms with Crippen LogP contribution in [0.3, 0.4) is 0 Å². The topological polar surface area (TPSA) is 64.7 Å². The molecule has 3 aromatic heterocycles. The minimum absolute atomic E-state index is 0.527. The summed E-state index contributed by atoms with van der Waals surface area (Å²) in [7, 11) is 0. The van der Waals surface area contributed by atoms with Crippen molar-refractivity contribution in [1.29, 1.82) is 0 Å². The summed E-state index contributed by atoms with van der Waals surface area (Å²) in [6, 6.07) is 68.3. The van der Waals surface area contributed by atoms with Crippen molar-refractivity contribution in [2.24, 2.45) is 0 Å². The van der Waals surface area contributed by atoms with Crippen LogP contribution in [0, 0.1) is 0 Å². The van der Waals surface area contributed by atoms with Gasteiger partial charge in [-0.3, -0.25) is 0 Å². The molecule has 13 rings (SSSR count). The van der Waals surface area contributed by atoms with E-state index in [-0.39, 0.29) is 0 Å². The number of pyridine rings is 1. The second-order valence-electron chi connectivity index (χ2n) is 15.6. The molecule has 5 nitrogen and oxygen atoms in total. The highest BCUT2D eigenvalue weighted by Gasteiger charge is 2.53. The molecule has 0 saturated carbocycles. The van der Waals surface area contributed by atoms with Crippen molar-refractivity contribution >= 4 is 32.7 Å². The van der Waals surface area contributed by atoms with E-state index in [9.17, 15) is 0 Å². The molecule has 2 aliphatic carbocycles. The Morgan fingerprint density at radius 1 is 0.317 bits per heavy atom. The van der Waals surface area contributed by atoms with Gasteiger partial charge in [-0.15, -0.1) is 0 Å². The van der Waals surface area contributed by atoms with E-state index < -0.39 is 5.41 Å². The first-order valence-electron chi connectivity index (χ1n) is 20.3. The molecule has 5 heteroatoms. The lowest BCUT2D eigenvalue weighted by Gasteiger charge is -2.31. The molecular formula is C55H32N4O. The lowest BCUT2D eigenvalue weighted by molar-refractivity contribution is 0.670. The Bertz CT molecular complexity index is 3510. The zero-order valence-electron chi connectivity index (χ0n) is 32.2. The van der Waals surface area contributed by atoms with Gasteiger partial charge in [0, 0.05) is 44.0 Å². The summed E-state index contributed by atoms with van der Waals surface area (Å²) in [5, 5.41) is 4.34. The molecule has 11 aromatic rings. The van der Waals surface area contributed by atoms with Crippen LogP contribution in [0.2, 0.25) is 0 Å². The van der Waals surface area contributed by atoms with E-state index in [0.29, 0.717) is 17.5 Å². The first kappa shape index (κ1) is 33.0. The van der Waals surface area contributed by atoms with Crippen LogP contribution < -0.4 is 0 Å². The molecule has 60 heavy (non-hydrogen) atoms. The first-order chi connectivity index (χ1) is 29.8. The van der Waals surface area contributed by atoms with E-state index in [0.717, 1.165) is 71.9 Å². The van der Waals surface area contributed by atoms with Crippen molar-refractivity contribution in [2.75, 3.05) is 0 Å². The second-order valence-corrected chi connectivity index (χ2v) is 15.6. The largest absolute Gasteiger partial charge is 0.455 e. The smallest absolute Gasteiger partial charge is 0.183 e. The highest BCUT2D eigenvalue weighted by molar-refractivity contribution is 6.10. The van der Waals surface area contributed by atoms with Crippen molar-refractivity contribution in [3.05, 3.63) is 216 Å². The highest BCUT2D eigenvalue weighted by Crippen LogP contribution is 2.64. The Labute approximate surface area is 345 Å². The molecule has 0 radical (unpaired) electrons. The maximum atomic E-state index is 6.40. The van der Waals surface area contributed by atoms with Gasteiger partial charge in [0.2, 0.25) is 0 Å². The van der Waals surface area contributed by atoms with Crippen molar-refractivity contribution in [3.8, 4) is 67.8 Å². The number of furan rings is 1. The van der Waals surface area contributed by atoms with E-state index in [2.05, 4.69) is 152 Å². The van der Waals surface area contributed by atoms with Gasteiger partial charge in [0.1, 0.15) is 16.9 Å². The SMILES string of the molecule is c1ccc(-c2nc(-c3ccc(-c4cccc5c4oc4ccccc45)cc3)nc(-c3nc4c(c5ccccc35)C3(c5ccccc5-c5ccccc53)c3ccccc3-4)n2)cc1. The molecule has 0 atom stereocenters. The van der Waals surface area contributed by atoms with Crippen LogP contribution in [0.1, 0.15) is 22.3 Å². The van der Waals surface area contributed by atoms with Gasteiger partial charge in [0.05, 0.1) is 11.1 Å². The van der Waals surface area contributed by atoms with Crippen LogP contribution in [0.5, 0.6) is 0 Å². The van der Waals surface area contributed by atoms with Gasteiger partial charge in [-0.2, -0.15) is 0 Å². The number of rotatable bonds is 4. The zero-order valence-corrected chi connectivity index (χ0v) is 32.2. The summed E-state index contributed by atoms with van der Waals surface area (Å²) in [6.07, 6.45) is 0. The van der Waals surface area contributed by atoms with E-state index in [1.807, 2.05) is 42.5 Å². The van der Waals surface area contributed by atoms with Crippen LogP contribution in [-0.4, -0.2) is 19.9 Å². The van der Waals surface area contributed by atoms with Gasteiger partial charge in [0.25, 0.3) is 0 Å². The number of fused-ring (bicyclic) bond motifs is 15. The van der Waals surface area contributed by atoms with Gasteiger partial charge in [-0.25, -0.2) is 19.9 Å². The lowest BCUT2D eigenvalue weighted by atomic mass is 9.69. The fraction of sp³-hybridized carbons (Fsp3) is 0.0182. The third-order valence-electron chi connectivity index (χ3n) is 12.6. The molecule has 0 unspecified atom stereocenters. The third-order valence-corrected chi connectivity index (χ3v) is 12.6. The molecule has 0 saturated heterocycles. The summed E-state index contributed by atoms with van der Waals surface area (Å²) >= 11 is 0. The highest BCUT2D eigenvalue weighted by atomic mass is 16.3. The van der Waals surface area contributed by atoms with Crippen LogP contribution >= 0.6 is 0 Å². The molecule has 0 bridgehead atoms. The Balaban J connectivity index is 1.03. The molecule has 0 fully saturated rings. The average Bonchev–Trinajstić information content (AvgIpc) is 3.96. The summed E-state index contributed by atoms with van der Waals surface area (Å²) in [4.78, 5) is 21.3. The molecule has 2 aliphatic rings. The number of nitrogens with zero attached hydrogens (tertiary/aromatic N) is 4. The average molecular weight is 765 g/mol. The maximum Gasteiger partial charge on any atom is 0.183 e. The number of hydrogen-bond donors (Lipinski definition) is 0. The number of hydrogen-bond acceptors (Lipinski definition) is 5. The summed E-state index contributed by atoms with van der Waals surface area (Å²) in [5.74, 6) is 1.70. The van der Waals surface area contributed by atoms with Crippen molar-refractivity contribution in [3.63, 3.8) is 0 Å². The van der Waals surface area contributed by atoms with Gasteiger partial charge in [-0.1, -0.05) is 188 Å². The Hall–Kier alpha value is -8.02. The number of benzene rings is 8. The van der Waals surface area contributed by atoms with E-state index >= 15 is 0 Å². The van der Waals surface area contributed by atoms with Crippen LogP contribution in [0.25, 0.3) is 101 Å². The minimum Gasteiger partial charge on any atom is -0.455 e. The minimum atomic E-state index is -0.530. The molecule has 3 heterocycles. The van der Waals surface area contributed by atoms with Crippen molar-refractivity contribution in [2.45, 2.75) is 5.41 Å². The Kier molecular flexibility index (Phi) is 6.87. The first-order valence-corrected chi connectivity index (χ1v) is 20.3. The standard InChI is InChI=1S/C55H32N4O/c1-2-15-34(16-3-1)52-57-53(35-31-29-33(30-32-35)36-23-14-24-42-39-19-9-13-28-47(39)60-51(36)42)59-54(58-52)50-41-21-5-4-20-40(41)48-49(56-50)43-22-8-12-27-46(43)55(48)44-25-10-6-17-37(44)38-18-7-11-26-45(38)55/h1-32H. The molecule has 0 amide bonds.